The summed E-state index contributed by atoms with van der Waals surface area (Å²) in [6.45, 7) is 0. The average molecular weight is 198 g/mol. The summed E-state index contributed by atoms with van der Waals surface area (Å²) < 4.78 is 17.6. The second kappa shape index (κ2) is 3.87. The van der Waals surface area contributed by atoms with Gasteiger partial charge in [-0.25, -0.2) is 9.18 Å². The molecule has 1 aromatic rings. The molecule has 0 atom stereocenters. The molecule has 0 bridgehead atoms. The minimum atomic E-state index is -1.35. The second-order valence-corrected chi connectivity index (χ2v) is 2.50. The fourth-order valence-corrected chi connectivity index (χ4v) is 1.01. The third kappa shape index (κ3) is 1.71. The maximum atomic E-state index is 13.0. The number of ether oxygens (including phenoxy) is 1. The summed E-state index contributed by atoms with van der Waals surface area (Å²) in [4.78, 5) is 21.0. The van der Waals surface area contributed by atoms with Crippen LogP contribution in [0.4, 0.5) is 4.39 Å². The van der Waals surface area contributed by atoms with E-state index in [0.29, 0.717) is 6.29 Å². The zero-order chi connectivity index (χ0) is 10.7. The number of carboxylic acids is 1. The fourth-order valence-electron chi connectivity index (χ4n) is 1.01. The molecule has 0 radical (unpaired) electrons. The Morgan fingerprint density at radius 2 is 2.21 bits per heavy atom. The first-order chi connectivity index (χ1) is 6.60. The normalized spacial score (nSPS) is 9.57. The van der Waals surface area contributed by atoms with E-state index in [2.05, 4.69) is 4.74 Å². The molecule has 0 aliphatic heterocycles. The third-order valence-corrected chi connectivity index (χ3v) is 1.68. The zero-order valence-electron chi connectivity index (χ0n) is 7.28. The fraction of sp³-hybridized carbons (Fsp3) is 0.111. The van der Waals surface area contributed by atoms with Crippen molar-refractivity contribution in [1.29, 1.82) is 0 Å². The molecule has 0 aromatic heterocycles. The predicted molar refractivity (Wildman–Crippen MR) is 45.3 cm³/mol. The molecule has 0 spiro atoms. The van der Waals surface area contributed by atoms with E-state index in [4.69, 9.17) is 5.11 Å². The molecular formula is C9H7FO4. The summed E-state index contributed by atoms with van der Waals surface area (Å²) in [5, 5.41) is 8.62. The number of methoxy groups -OCH3 is 1. The first-order valence-electron chi connectivity index (χ1n) is 3.66. The van der Waals surface area contributed by atoms with Gasteiger partial charge in [-0.05, 0) is 12.1 Å². The second-order valence-electron chi connectivity index (χ2n) is 2.50. The molecule has 0 unspecified atom stereocenters. The Labute approximate surface area is 78.9 Å². The van der Waals surface area contributed by atoms with Gasteiger partial charge in [0.25, 0.3) is 0 Å². The smallest absolute Gasteiger partial charge is 0.336 e. The number of rotatable bonds is 3. The maximum absolute atomic E-state index is 13.0. The summed E-state index contributed by atoms with van der Waals surface area (Å²) >= 11 is 0. The van der Waals surface area contributed by atoms with Crippen molar-refractivity contribution in [2.75, 3.05) is 7.11 Å². The van der Waals surface area contributed by atoms with Crippen LogP contribution in [0.3, 0.4) is 0 Å². The lowest BCUT2D eigenvalue weighted by Crippen LogP contribution is -2.04. The van der Waals surface area contributed by atoms with Crippen molar-refractivity contribution in [2.24, 2.45) is 0 Å². The predicted octanol–water partition coefficient (Wildman–Crippen LogP) is 1.34. The van der Waals surface area contributed by atoms with Crippen LogP contribution in [0.2, 0.25) is 0 Å². The summed E-state index contributed by atoms with van der Waals surface area (Å²) in [5.41, 5.74) is -0.492. The van der Waals surface area contributed by atoms with Gasteiger partial charge in [0.1, 0.15) is 0 Å². The van der Waals surface area contributed by atoms with E-state index < -0.39 is 11.8 Å². The third-order valence-electron chi connectivity index (χ3n) is 1.68. The molecule has 5 heteroatoms. The van der Waals surface area contributed by atoms with Crippen molar-refractivity contribution in [2.45, 2.75) is 0 Å². The first kappa shape index (κ1) is 10.2. The van der Waals surface area contributed by atoms with Crippen molar-refractivity contribution in [1.82, 2.24) is 0 Å². The number of carbonyl (C=O) groups is 2. The van der Waals surface area contributed by atoms with E-state index in [1.54, 1.807) is 0 Å². The van der Waals surface area contributed by atoms with E-state index in [0.717, 1.165) is 12.1 Å². The van der Waals surface area contributed by atoms with Crippen LogP contribution in [0.15, 0.2) is 12.1 Å². The molecule has 1 N–H and O–H groups in total. The highest BCUT2D eigenvalue weighted by Crippen LogP contribution is 2.21. The Kier molecular flexibility index (Phi) is 2.81. The molecular weight excluding hydrogens is 191 g/mol. The van der Waals surface area contributed by atoms with Gasteiger partial charge in [0.05, 0.1) is 12.7 Å². The molecule has 0 saturated heterocycles. The number of aldehydes is 1. The number of carbonyl (C=O) groups excluding carboxylic acids is 1. The average Bonchev–Trinajstić information content (AvgIpc) is 2.17. The van der Waals surface area contributed by atoms with Crippen LogP contribution in [0.5, 0.6) is 5.75 Å². The number of benzene rings is 1. The molecule has 74 valence electrons. The van der Waals surface area contributed by atoms with E-state index in [1.807, 2.05) is 0 Å². The lowest BCUT2D eigenvalue weighted by molar-refractivity contribution is 0.0693. The highest BCUT2D eigenvalue weighted by Gasteiger charge is 2.14. The summed E-state index contributed by atoms with van der Waals surface area (Å²) in [6, 6.07) is 1.80. The zero-order valence-corrected chi connectivity index (χ0v) is 7.28. The molecule has 0 heterocycles. The van der Waals surface area contributed by atoms with Crippen LogP contribution in [0, 0.1) is 5.82 Å². The summed E-state index contributed by atoms with van der Waals surface area (Å²) in [6.07, 6.45) is 0.339. The van der Waals surface area contributed by atoms with E-state index in [1.165, 1.54) is 7.11 Å². The van der Waals surface area contributed by atoms with E-state index in [9.17, 15) is 14.0 Å². The molecule has 0 saturated carbocycles. The van der Waals surface area contributed by atoms with Crippen LogP contribution >= 0.6 is 0 Å². The number of hydrogen-bond donors (Lipinski definition) is 1. The van der Waals surface area contributed by atoms with Crippen molar-refractivity contribution < 1.29 is 23.8 Å². The van der Waals surface area contributed by atoms with Crippen LogP contribution in [0.1, 0.15) is 20.7 Å². The van der Waals surface area contributed by atoms with Crippen LogP contribution in [-0.4, -0.2) is 24.5 Å². The van der Waals surface area contributed by atoms with Crippen LogP contribution < -0.4 is 4.74 Å². The maximum Gasteiger partial charge on any atom is 0.336 e. The molecule has 4 nitrogen and oxygen atoms in total. The van der Waals surface area contributed by atoms with Gasteiger partial charge in [-0.15, -0.1) is 0 Å². The lowest BCUT2D eigenvalue weighted by atomic mass is 10.1. The van der Waals surface area contributed by atoms with Crippen LogP contribution in [0.25, 0.3) is 0 Å². The van der Waals surface area contributed by atoms with Crippen LogP contribution in [-0.2, 0) is 0 Å². The highest BCUT2D eigenvalue weighted by atomic mass is 19.1. The Bertz CT molecular complexity index is 387. The number of carboxylic acid groups (broad SMARTS) is 1. The standard InChI is InChI=1S/C9H7FO4/c1-14-8-2-5(4-11)6(9(12)13)3-7(8)10/h2-4H,1H3,(H,12,13). The minimum Gasteiger partial charge on any atom is -0.494 e. The summed E-state index contributed by atoms with van der Waals surface area (Å²) in [7, 11) is 1.23. The van der Waals surface area contributed by atoms with Crippen molar-refractivity contribution >= 4 is 12.3 Å². The first-order valence-corrected chi connectivity index (χ1v) is 3.66. The van der Waals surface area contributed by atoms with Gasteiger partial charge in [-0.2, -0.15) is 0 Å². The number of hydrogen-bond acceptors (Lipinski definition) is 3. The molecule has 1 rings (SSSR count). The summed E-state index contributed by atoms with van der Waals surface area (Å²) in [5.74, 6) is -2.32. The van der Waals surface area contributed by atoms with Gasteiger partial charge in [0, 0.05) is 5.56 Å². The van der Waals surface area contributed by atoms with Gasteiger partial charge in [0.2, 0.25) is 0 Å². The largest absolute Gasteiger partial charge is 0.494 e. The number of aromatic carboxylic acids is 1. The molecule has 0 amide bonds. The van der Waals surface area contributed by atoms with Gasteiger partial charge < -0.3 is 9.84 Å². The molecule has 1 aromatic carbocycles. The van der Waals surface area contributed by atoms with Gasteiger partial charge in [0.15, 0.2) is 17.9 Å². The van der Waals surface area contributed by atoms with Crippen molar-refractivity contribution in [3.63, 3.8) is 0 Å². The monoisotopic (exact) mass is 198 g/mol. The van der Waals surface area contributed by atoms with Gasteiger partial charge in [-0.1, -0.05) is 0 Å². The lowest BCUT2D eigenvalue weighted by Gasteiger charge is -2.04. The molecule has 0 fully saturated rings. The topological polar surface area (TPSA) is 63.6 Å². The van der Waals surface area contributed by atoms with Gasteiger partial charge in [-0.3, -0.25) is 4.79 Å². The van der Waals surface area contributed by atoms with Gasteiger partial charge >= 0.3 is 5.97 Å². The van der Waals surface area contributed by atoms with Crippen molar-refractivity contribution in [3.05, 3.63) is 29.1 Å². The minimum absolute atomic E-state index is 0.115. The SMILES string of the molecule is COc1cc(C=O)c(C(=O)O)cc1F. The quantitative estimate of drug-likeness (QED) is 0.744. The number of halogens is 1. The Morgan fingerprint density at radius 1 is 1.57 bits per heavy atom. The van der Waals surface area contributed by atoms with Crippen molar-refractivity contribution in [3.8, 4) is 5.75 Å². The Balaban J connectivity index is 3.38. The molecule has 0 aliphatic rings. The molecule has 0 aliphatic carbocycles. The Morgan fingerprint density at radius 3 is 2.64 bits per heavy atom. The van der Waals surface area contributed by atoms with E-state index in [-0.39, 0.29) is 16.9 Å². The highest BCUT2D eigenvalue weighted by molar-refractivity contribution is 5.97. The molecule has 14 heavy (non-hydrogen) atoms. The van der Waals surface area contributed by atoms with E-state index >= 15 is 0 Å². The Hall–Kier alpha value is -1.91.